The molecule has 0 bridgehead atoms. The molecular weight excluding hydrogens is 408 g/mol. The van der Waals surface area contributed by atoms with Crippen molar-refractivity contribution in [2.75, 3.05) is 6.61 Å². The number of rotatable bonds is 5. The third-order valence-electron chi connectivity index (χ3n) is 3.96. The van der Waals surface area contributed by atoms with Crippen LogP contribution in [-0.4, -0.2) is 29.5 Å². The van der Waals surface area contributed by atoms with Gasteiger partial charge in [-0.05, 0) is 43.3 Å². The summed E-state index contributed by atoms with van der Waals surface area (Å²) in [5, 5.41) is 0.272. The van der Waals surface area contributed by atoms with Gasteiger partial charge in [0, 0.05) is 5.02 Å². The smallest absolute Gasteiger partial charge is 0.346 e. The Bertz CT molecular complexity index is 1280. The first-order valence-electron chi connectivity index (χ1n) is 8.18. The second kappa shape index (κ2) is 7.61. The minimum atomic E-state index is -4.52. The maximum Gasteiger partial charge on any atom is 0.346 e. The highest BCUT2D eigenvalue weighted by atomic mass is 35.5. The average molecular weight is 423 g/mol. The van der Waals surface area contributed by atoms with Crippen LogP contribution in [0.1, 0.15) is 6.92 Å². The van der Waals surface area contributed by atoms with Gasteiger partial charge in [-0.3, -0.25) is 14.2 Å². The standard InChI is InChI=1S/C18H15ClN2O6S/c1-2-27-16(22)11-20-15-6-4-3-5-14(15)17(23)21(18(20)24)28(25,26)13-9-7-12(19)8-10-13/h3-10H,2,11H2,1H3. The Labute approximate surface area is 164 Å². The van der Waals surface area contributed by atoms with E-state index in [0.717, 1.165) is 4.57 Å². The number of esters is 1. The van der Waals surface area contributed by atoms with Gasteiger partial charge in [0.05, 0.1) is 22.4 Å². The lowest BCUT2D eigenvalue weighted by Gasteiger charge is -2.14. The minimum absolute atomic E-state index is 0.0241. The Morgan fingerprint density at radius 3 is 2.36 bits per heavy atom. The highest BCUT2D eigenvalue weighted by molar-refractivity contribution is 7.90. The van der Waals surface area contributed by atoms with Crippen molar-refractivity contribution in [1.29, 1.82) is 0 Å². The van der Waals surface area contributed by atoms with Crippen molar-refractivity contribution in [3.05, 3.63) is 74.4 Å². The second-order valence-electron chi connectivity index (χ2n) is 5.72. The van der Waals surface area contributed by atoms with Crippen molar-refractivity contribution in [1.82, 2.24) is 8.54 Å². The fourth-order valence-electron chi connectivity index (χ4n) is 2.71. The summed E-state index contributed by atoms with van der Waals surface area (Å²) in [7, 11) is -4.52. The molecular formula is C18H15ClN2O6S. The zero-order chi connectivity index (χ0) is 20.5. The molecule has 3 rings (SSSR count). The van der Waals surface area contributed by atoms with Gasteiger partial charge in [-0.2, -0.15) is 0 Å². The van der Waals surface area contributed by atoms with Crippen LogP contribution >= 0.6 is 11.6 Å². The topological polar surface area (TPSA) is 104 Å². The SMILES string of the molecule is CCOC(=O)Cn1c(=O)n(S(=O)(=O)c2ccc(Cl)cc2)c(=O)c2ccccc21. The maximum atomic E-state index is 13.0. The van der Waals surface area contributed by atoms with Gasteiger partial charge in [0.15, 0.2) is 0 Å². The zero-order valence-corrected chi connectivity index (χ0v) is 16.2. The Hall–Kier alpha value is -2.91. The molecule has 8 nitrogen and oxygen atoms in total. The summed E-state index contributed by atoms with van der Waals surface area (Å²) >= 11 is 5.78. The molecule has 0 saturated heterocycles. The van der Waals surface area contributed by atoms with Crippen LogP contribution in [0.3, 0.4) is 0 Å². The average Bonchev–Trinajstić information content (AvgIpc) is 2.65. The minimum Gasteiger partial charge on any atom is -0.465 e. The quantitative estimate of drug-likeness (QED) is 0.578. The predicted molar refractivity (Wildman–Crippen MR) is 103 cm³/mol. The van der Waals surface area contributed by atoms with Gasteiger partial charge in [0.25, 0.3) is 15.6 Å². The Balaban J connectivity index is 2.35. The van der Waals surface area contributed by atoms with Gasteiger partial charge < -0.3 is 4.74 Å². The number of carbonyl (C=O) groups excluding carboxylic acids is 1. The number of carbonyl (C=O) groups is 1. The largest absolute Gasteiger partial charge is 0.465 e. The number of para-hydroxylation sites is 1. The first-order chi connectivity index (χ1) is 13.3. The molecule has 0 fully saturated rings. The van der Waals surface area contributed by atoms with Gasteiger partial charge in [0.1, 0.15) is 6.54 Å². The van der Waals surface area contributed by atoms with Crippen LogP contribution in [-0.2, 0) is 26.1 Å². The monoisotopic (exact) mass is 422 g/mol. The van der Waals surface area contributed by atoms with Gasteiger partial charge >= 0.3 is 11.7 Å². The van der Waals surface area contributed by atoms with E-state index in [1.54, 1.807) is 13.0 Å². The van der Waals surface area contributed by atoms with Crippen LogP contribution in [0.4, 0.5) is 0 Å². The molecule has 0 amide bonds. The molecule has 0 unspecified atom stereocenters. The summed E-state index contributed by atoms with van der Waals surface area (Å²) < 4.78 is 31.9. The number of halogens is 1. The molecule has 0 aliphatic heterocycles. The summed E-state index contributed by atoms with van der Waals surface area (Å²) in [6, 6.07) is 11.0. The molecule has 3 aromatic rings. The van der Waals surface area contributed by atoms with Crippen LogP contribution in [0.2, 0.25) is 5.02 Å². The third kappa shape index (κ3) is 3.46. The first-order valence-corrected chi connectivity index (χ1v) is 10.0. The maximum absolute atomic E-state index is 13.0. The number of nitrogens with zero attached hydrogens (tertiary/aromatic N) is 2. The van der Waals surface area contributed by atoms with Crippen LogP contribution in [0.5, 0.6) is 0 Å². The number of benzene rings is 2. The number of fused-ring (bicyclic) bond motifs is 1. The predicted octanol–water partition coefficient (Wildman–Crippen LogP) is 1.62. The van der Waals surface area contributed by atoms with Crippen molar-refractivity contribution >= 4 is 38.5 Å². The van der Waals surface area contributed by atoms with Crippen molar-refractivity contribution in [2.24, 2.45) is 0 Å². The number of ether oxygens (including phenoxy) is 1. The highest BCUT2D eigenvalue weighted by Gasteiger charge is 2.26. The van der Waals surface area contributed by atoms with Crippen LogP contribution < -0.4 is 11.2 Å². The molecule has 0 aliphatic carbocycles. The normalized spacial score (nSPS) is 11.5. The van der Waals surface area contributed by atoms with E-state index in [1.165, 1.54) is 42.5 Å². The van der Waals surface area contributed by atoms with Crippen molar-refractivity contribution < 1.29 is 17.9 Å². The lowest BCUT2D eigenvalue weighted by Crippen LogP contribution is -2.44. The molecule has 1 aromatic heterocycles. The first kappa shape index (κ1) is 19.8. The molecule has 2 aromatic carbocycles. The van der Waals surface area contributed by atoms with Crippen LogP contribution in [0.25, 0.3) is 10.9 Å². The number of hydrogen-bond acceptors (Lipinski definition) is 6. The molecule has 0 atom stereocenters. The third-order valence-corrected chi connectivity index (χ3v) is 5.88. The van der Waals surface area contributed by atoms with Crippen molar-refractivity contribution in [3.8, 4) is 0 Å². The van der Waals surface area contributed by atoms with E-state index in [2.05, 4.69) is 0 Å². The fourth-order valence-corrected chi connectivity index (χ4v) is 4.15. The zero-order valence-electron chi connectivity index (χ0n) is 14.7. The molecule has 1 heterocycles. The summed E-state index contributed by atoms with van der Waals surface area (Å²) in [5.41, 5.74) is -2.03. The van der Waals surface area contributed by atoms with Gasteiger partial charge in [-0.15, -0.1) is 3.97 Å². The van der Waals surface area contributed by atoms with Gasteiger partial charge in [0.2, 0.25) is 0 Å². The molecule has 0 N–H and O–H groups in total. The van der Waals surface area contributed by atoms with E-state index in [0.29, 0.717) is 5.02 Å². The lowest BCUT2D eigenvalue weighted by atomic mass is 10.2. The van der Waals surface area contributed by atoms with Crippen LogP contribution in [0, 0.1) is 0 Å². The van der Waals surface area contributed by atoms with Crippen LogP contribution in [0.15, 0.2) is 63.0 Å². The molecule has 10 heteroatoms. The summed E-state index contributed by atoms with van der Waals surface area (Å²) in [5.74, 6) is -0.733. The Kier molecular flexibility index (Phi) is 5.39. The summed E-state index contributed by atoms with van der Waals surface area (Å²) in [6.07, 6.45) is 0. The molecule has 28 heavy (non-hydrogen) atoms. The molecule has 0 spiro atoms. The van der Waals surface area contributed by atoms with Gasteiger partial charge in [-0.25, -0.2) is 13.2 Å². The molecule has 0 saturated carbocycles. The number of aromatic nitrogens is 2. The Morgan fingerprint density at radius 1 is 1.07 bits per heavy atom. The number of hydrogen-bond donors (Lipinski definition) is 0. The fraction of sp³-hybridized carbons (Fsp3) is 0.167. The van der Waals surface area contributed by atoms with E-state index in [1.807, 2.05) is 0 Å². The lowest BCUT2D eigenvalue weighted by molar-refractivity contribution is -0.143. The van der Waals surface area contributed by atoms with Crippen molar-refractivity contribution in [2.45, 2.75) is 18.4 Å². The molecule has 0 aliphatic rings. The summed E-state index contributed by atoms with van der Waals surface area (Å²) in [6.45, 7) is 1.16. The van der Waals surface area contributed by atoms with Crippen molar-refractivity contribution in [3.63, 3.8) is 0 Å². The van der Waals surface area contributed by atoms with E-state index < -0.39 is 33.8 Å². The van der Waals surface area contributed by atoms with E-state index in [-0.39, 0.29) is 26.4 Å². The molecule has 0 radical (unpaired) electrons. The summed E-state index contributed by atoms with van der Waals surface area (Å²) in [4.78, 5) is 37.4. The Morgan fingerprint density at radius 2 is 1.71 bits per heavy atom. The molecule has 146 valence electrons. The van der Waals surface area contributed by atoms with E-state index in [9.17, 15) is 22.8 Å². The van der Waals surface area contributed by atoms with Gasteiger partial charge in [-0.1, -0.05) is 23.7 Å². The van der Waals surface area contributed by atoms with E-state index >= 15 is 0 Å². The second-order valence-corrected chi connectivity index (χ2v) is 7.94. The van der Waals surface area contributed by atoms with E-state index in [4.69, 9.17) is 16.3 Å². The highest BCUT2D eigenvalue weighted by Crippen LogP contribution is 2.16.